The largest absolute Gasteiger partial charge is 0.471 e. The lowest BCUT2D eigenvalue weighted by Gasteiger charge is -2.41. The van der Waals surface area contributed by atoms with Crippen molar-refractivity contribution < 1.29 is 18.6 Å². The molecule has 0 N–H and O–H groups in total. The van der Waals surface area contributed by atoms with Crippen LogP contribution in [0.4, 0.5) is 4.39 Å². The molecular weight excluding hydrogens is 545 g/mol. The van der Waals surface area contributed by atoms with Crippen molar-refractivity contribution in [2.75, 3.05) is 0 Å². The molecule has 2 atom stereocenters. The molecule has 2 heterocycles. The second-order valence-corrected chi connectivity index (χ2v) is 9.78. The summed E-state index contributed by atoms with van der Waals surface area (Å²) in [6.45, 7) is 0. The van der Waals surface area contributed by atoms with E-state index in [1.165, 1.54) is 12.1 Å². The number of benzene rings is 4. The standard InChI is InChI=1S/C28H15Cl4FO3/c29-20-21(30)23(32)26-25(22(20)31)34-27-19(15-7-3-1-4-8-15)24(16-9-5-2-6-10-16)35-28(27,36-26)17-11-13-18(33)14-12-17/h1-14,27H/t27-,28+/m1/s1. The molecular formula is C28H15Cl4FO3. The summed E-state index contributed by atoms with van der Waals surface area (Å²) in [5.41, 5.74) is 2.88. The Morgan fingerprint density at radius 3 is 1.78 bits per heavy atom. The van der Waals surface area contributed by atoms with Crippen LogP contribution < -0.4 is 9.47 Å². The third-order valence-electron chi connectivity index (χ3n) is 6.15. The van der Waals surface area contributed by atoms with Crippen molar-refractivity contribution in [3.8, 4) is 11.5 Å². The Bertz CT molecular complexity index is 1510. The third-order valence-corrected chi connectivity index (χ3v) is 7.91. The van der Waals surface area contributed by atoms with Crippen molar-refractivity contribution in [2.45, 2.75) is 11.9 Å². The van der Waals surface area contributed by atoms with E-state index in [1.807, 2.05) is 60.7 Å². The first-order chi connectivity index (χ1) is 17.4. The fourth-order valence-corrected chi connectivity index (χ4v) is 5.39. The smallest absolute Gasteiger partial charge is 0.320 e. The maximum atomic E-state index is 13.9. The minimum atomic E-state index is -1.57. The van der Waals surface area contributed by atoms with Gasteiger partial charge in [0.15, 0.2) is 11.5 Å². The maximum absolute atomic E-state index is 13.9. The van der Waals surface area contributed by atoms with Crippen LogP contribution in [0.3, 0.4) is 0 Å². The van der Waals surface area contributed by atoms with Crippen LogP contribution in [0.15, 0.2) is 84.9 Å². The lowest BCUT2D eigenvalue weighted by molar-refractivity contribution is -0.188. The number of fused-ring (bicyclic) bond motifs is 2. The van der Waals surface area contributed by atoms with E-state index in [9.17, 15) is 4.39 Å². The second-order valence-electron chi connectivity index (χ2n) is 8.27. The average molecular weight is 560 g/mol. The summed E-state index contributed by atoms with van der Waals surface area (Å²) in [6, 6.07) is 25.1. The van der Waals surface area contributed by atoms with Crippen LogP contribution in [0, 0.1) is 5.82 Å². The van der Waals surface area contributed by atoms with Gasteiger partial charge in [-0.25, -0.2) is 4.39 Å². The van der Waals surface area contributed by atoms with Crippen LogP contribution in [-0.2, 0) is 10.5 Å². The van der Waals surface area contributed by atoms with E-state index in [4.69, 9.17) is 60.6 Å². The summed E-state index contributed by atoms with van der Waals surface area (Å²) in [6.07, 6.45) is -0.862. The summed E-state index contributed by atoms with van der Waals surface area (Å²) < 4.78 is 33.7. The predicted octanol–water partition coefficient (Wildman–Crippen LogP) is 9.03. The second kappa shape index (κ2) is 8.89. The van der Waals surface area contributed by atoms with Crippen LogP contribution in [0.2, 0.25) is 20.1 Å². The molecule has 0 unspecified atom stereocenters. The monoisotopic (exact) mass is 558 g/mol. The molecule has 4 aromatic rings. The summed E-state index contributed by atoms with van der Waals surface area (Å²) >= 11 is 25.8. The van der Waals surface area contributed by atoms with Crippen molar-refractivity contribution in [2.24, 2.45) is 0 Å². The zero-order valence-electron chi connectivity index (χ0n) is 18.3. The quantitative estimate of drug-likeness (QED) is 0.185. The van der Waals surface area contributed by atoms with Gasteiger partial charge in [-0.1, -0.05) is 107 Å². The SMILES string of the molecule is Fc1ccc([C@@]23OC(c4ccccc4)=C(c4ccccc4)[C@H]2Oc2c(Cl)c(Cl)c(Cl)c(Cl)c2O3)cc1. The van der Waals surface area contributed by atoms with Crippen molar-refractivity contribution >= 4 is 57.7 Å². The Morgan fingerprint density at radius 2 is 1.17 bits per heavy atom. The summed E-state index contributed by atoms with van der Waals surface area (Å²) in [4.78, 5) is 0. The molecule has 0 amide bonds. The molecule has 6 rings (SSSR count). The molecule has 180 valence electrons. The molecule has 3 nitrogen and oxygen atoms in total. The normalized spacial score (nSPS) is 20.2. The first-order valence-corrected chi connectivity index (χ1v) is 12.4. The van der Waals surface area contributed by atoms with E-state index in [0.717, 1.165) is 16.7 Å². The van der Waals surface area contributed by atoms with Crippen molar-refractivity contribution in [3.63, 3.8) is 0 Å². The summed E-state index contributed by atoms with van der Waals surface area (Å²) in [5.74, 6) is -1.21. The van der Waals surface area contributed by atoms with Crippen LogP contribution in [0.1, 0.15) is 16.7 Å². The number of hydrogen-bond donors (Lipinski definition) is 0. The molecule has 0 radical (unpaired) electrons. The van der Waals surface area contributed by atoms with Crippen molar-refractivity contribution in [3.05, 3.63) is 128 Å². The van der Waals surface area contributed by atoms with E-state index in [-0.39, 0.29) is 31.6 Å². The number of halogens is 5. The van der Waals surface area contributed by atoms with Gasteiger partial charge in [0.25, 0.3) is 0 Å². The van der Waals surface area contributed by atoms with Crippen LogP contribution >= 0.6 is 46.4 Å². The molecule has 2 aliphatic heterocycles. The van der Waals surface area contributed by atoms with Gasteiger partial charge in [-0.3, -0.25) is 0 Å². The molecule has 4 aromatic carbocycles. The molecule has 36 heavy (non-hydrogen) atoms. The topological polar surface area (TPSA) is 27.7 Å². The highest BCUT2D eigenvalue weighted by molar-refractivity contribution is 6.53. The third kappa shape index (κ3) is 3.55. The van der Waals surface area contributed by atoms with Gasteiger partial charge in [-0.15, -0.1) is 0 Å². The minimum absolute atomic E-state index is 0.0240. The molecule has 0 saturated carbocycles. The first-order valence-electron chi connectivity index (χ1n) is 10.9. The van der Waals surface area contributed by atoms with Crippen LogP contribution in [0.25, 0.3) is 11.3 Å². The van der Waals surface area contributed by atoms with Gasteiger partial charge in [0.05, 0.1) is 15.6 Å². The van der Waals surface area contributed by atoms with E-state index >= 15 is 0 Å². The Labute approximate surface area is 226 Å². The minimum Gasteiger partial charge on any atom is -0.471 e. The number of rotatable bonds is 3. The number of hydrogen-bond acceptors (Lipinski definition) is 3. The molecule has 0 spiro atoms. The molecule has 0 saturated heterocycles. The highest BCUT2D eigenvalue weighted by Crippen LogP contribution is 2.60. The molecule has 0 bridgehead atoms. The fraction of sp³-hybridized carbons (Fsp3) is 0.0714. The van der Waals surface area contributed by atoms with E-state index in [2.05, 4.69) is 0 Å². The van der Waals surface area contributed by atoms with Gasteiger partial charge < -0.3 is 14.2 Å². The zero-order chi connectivity index (χ0) is 25.0. The van der Waals surface area contributed by atoms with Gasteiger partial charge in [-0.05, 0) is 29.8 Å². The highest BCUT2D eigenvalue weighted by atomic mass is 35.5. The van der Waals surface area contributed by atoms with Crippen molar-refractivity contribution in [1.82, 2.24) is 0 Å². The highest BCUT2D eigenvalue weighted by Gasteiger charge is 2.60. The maximum Gasteiger partial charge on any atom is 0.320 e. The van der Waals surface area contributed by atoms with Crippen LogP contribution in [-0.4, -0.2) is 6.10 Å². The molecule has 0 fully saturated rings. The Morgan fingerprint density at radius 1 is 0.611 bits per heavy atom. The lowest BCUT2D eigenvalue weighted by Crippen LogP contribution is -2.49. The van der Waals surface area contributed by atoms with Gasteiger partial charge >= 0.3 is 5.79 Å². The predicted molar refractivity (Wildman–Crippen MR) is 140 cm³/mol. The number of ether oxygens (including phenoxy) is 3. The van der Waals surface area contributed by atoms with Crippen LogP contribution in [0.5, 0.6) is 11.5 Å². The zero-order valence-corrected chi connectivity index (χ0v) is 21.3. The van der Waals surface area contributed by atoms with Gasteiger partial charge in [-0.2, -0.15) is 0 Å². The Balaban J connectivity index is 1.65. The molecule has 0 aromatic heterocycles. The Kier molecular flexibility index (Phi) is 5.81. The lowest BCUT2D eigenvalue weighted by atomic mass is 9.90. The first kappa shape index (κ1) is 23.5. The fourth-order valence-electron chi connectivity index (χ4n) is 4.49. The molecule has 0 aliphatic carbocycles. The molecule has 2 aliphatic rings. The van der Waals surface area contributed by atoms with Gasteiger partial charge in [0.1, 0.15) is 21.6 Å². The Hall–Kier alpha value is -2.89. The van der Waals surface area contributed by atoms with Gasteiger partial charge in [0.2, 0.25) is 6.10 Å². The average Bonchev–Trinajstić information content (AvgIpc) is 3.26. The van der Waals surface area contributed by atoms with E-state index < -0.39 is 17.7 Å². The van der Waals surface area contributed by atoms with E-state index in [1.54, 1.807) is 12.1 Å². The molecule has 8 heteroatoms. The summed E-state index contributed by atoms with van der Waals surface area (Å²) in [7, 11) is 0. The van der Waals surface area contributed by atoms with Gasteiger partial charge in [0, 0.05) is 11.1 Å². The van der Waals surface area contributed by atoms with E-state index in [0.29, 0.717) is 11.3 Å². The van der Waals surface area contributed by atoms with Crippen molar-refractivity contribution in [1.29, 1.82) is 0 Å². The summed E-state index contributed by atoms with van der Waals surface area (Å²) in [5, 5.41) is 0.164.